The zero-order valence-electron chi connectivity index (χ0n) is 7.74. The summed E-state index contributed by atoms with van der Waals surface area (Å²) in [5.74, 6) is 0.0588. The van der Waals surface area contributed by atoms with Gasteiger partial charge in [0.15, 0.2) is 0 Å². The Bertz CT molecular complexity index is 299. The molecule has 1 N–H and O–H groups in total. The molecule has 0 unspecified atom stereocenters. The van der Waals surface area contributed by atoms with Gasteiger partial charge in [-0.15, -0.1) is 0 Å². The first-order chi connectivity index (χ1) is 6.24. The van der Waals surface area contributed by atoms with Gasteiger partial charge >= 0.3 is 5.97 Å². The van der Waals surface area contributed by atoms with Gasteiger partial charge in [-0.2, -0.15) is 0 Å². The molecule has 0 aliphatic rings. The molecule has 1 rings (SSSR count). The summed E-state index contributed by atoms with van der Waals surface area (Å²) in [5.41, 5.74) is 0.688. The number of carbonyl (C=O) groups is 1. The number of phenolic OH excluding ortho intramolecular Hbond substituents is 1. The minimum Gasteiger partial charge on any atom is -0.508 e. The van der Waals surface area contributed by atoms with Gasteiger partial charge < -0.3 is 9.85 Å². The average molecular weight is 167 g/mol. The maximum Gasteiger partial charge on any atom is 0.302 e. The highest BCUT2D eigenvalue weighted by Crippen LogP contribution is 2.16. The molecule has 64 valence electrons. The van der Waals surface area contributed by atoms with Crippen molar-refractivity contribution in [3.63, 3.8) is 0 Å². The summed E-state index contributed by atoms with van der Waals surface area (Å²) >= 11 is 0. The molecular weight excluding hydrogens is 156 g/mol. The molecule has 0 aliphatic heterocycles. The molecule has 0 bridgehead atoms. The SMILES string of the molecule is [2H]Oc1ccccc1COC(C)=O. The molecule has 12 heavy (non-hydrogen) atoms. The molecule has 1 aromatic rings. The number of aromatic hydroxyl groups is 1. The van der Waals surface area contributed by atoms with Crippen LogP contribution in [-0.2, 0) is 16.1 Å². The van der Waals surface area contributed by atoms with Crippen LogP contribution in [0.1, 0.15) is 12.5 Å². The fourth-order valence-corrected chi connectivity index (χ4v) is 0.802. The zero-order chi connectivity index (χ0) is 9.68. The lowest BCUT2D eigenvalue weighted by atomic mass is 10.2. The van der Waals surface area contributed by atoms with Crippen molar-refractivity contribution in [2.45, 2.75) is 13.5 Å². The van der Waals surface area contributed by atoms with Gasteiger partial charge in [0, 0.05) is 12.5 Å². The van der Waals surface area contributed by atoms with Gasteiger partial charge in [0.1, 0.15) is 12.4 Å². The van der Waals surface area contributed by atoms with E-state index in [1.54, 1.807) is 24.3 Å². The van der Waals surface area contributed by atoms with Crippen molar-refractivity contribution >= 4 is 5.97 Å². The van der Waals surface area contributed by atoms with Crippen LogP contribution in [-0.4, -0.2) is 12.5 Å². The highest BCUT2D eigenvalue weighted by atomic mass is 16.5. The molecule has 0 fully saturated rings. The number of rotatable bonds is 3. The summed E-state index contributed by atoms with van der Waals surface area (Å²) in [7, 11) is 0. The van der Waals surface area contributed by atoms with E-state index in [-0.39, 0.29) is 12.6 Å². The van der Waals surface area contributed by atoms with E-state index in [2.05, 4.69) is 5.11 Å². The third-order valence-corrected chi connectivity index (χ3v) is 1.40. The predicted octanol–water partition coefficient (Wildman–Crippen LogP) is 1.46. The first kappa shape index (κ1) is 7.16. The van der Waals surface area contributed by atoms with E-state index >= 15 is 0 Å². The van der Waals surface area contributed by atoms with Crippen molar-refractivity contribution in [2.75, 3.05) is 0 Å². The van der Waals surface area contributed by atoms with Crippen molar-refractivity contribution < 1.29 is 14.6 Å². The number of para-hydroxylation sites is 1. The molecular formula is C9H10O3. The summed E-state index contributed by atoms with van der Waals surface area (Å²) in [6.45, 7) is 1.48. The highest BCUT2D eigenvalue weighted by Gasteiger charge is 2.00. The van der Waals surface area contributed by atoms with Gasteiger partial charge in [-0.1, -0.05) is 18.2 Å². The molecule has 1 aromatic carbocycles. The van der Waals surface area contributed by atoms with Gasteiger partial charge in [-0.05, 0) is 6.07 Å². The van der Waals surface area contributed by atoms with E-state index in [1.165, 1.54) is 6.92 Å². The van der Waals surface area contributed by atoms with E-state index < -0.39 is 0 Å². The van der Waals surface area contributed by atoms with Gasteiger partial charge in [0.2, 0.25) is 0 Å². The number of hydrogen-bond acceptors (Lipinski definition) is 3. The molecule has 0 heterocycles. The second kappa shape index (κ2) is 3.76. The highest BCUT2D eigenvalue weighted by molar-refractivity contribution is 5.66. The number of esters is 1. The Morgan fingerprint density at radius 3 is 3.08 bits per heavy atom. The number of hydrogen-bond donors (Lipinski definition) is 1. The van der Waals surface area contributed by atoms with Gasteiger partial charge in [-0.25, -0.2) is 0 Å². The molecule has 0 atom stereocenters. The van der Waals surface area contributed by atoms with Crippen molar-refractivity contribution in [2.24, 2.45) is 0 Å². The largest absolute Gasteiger partial charge is 0.508 e. The lowest BCUT2D eigenvalue weighted by molar-refractivity contribution is -0.142. The van der Waals surface area contributed by atoms with E-state index in [1.807, 2.05) is 0 Å². The fourth-order valence-electron chi connectivity index (χ4n) is 0.802. The number of carbonyl (C=O) groups excluding carboxylic acids is 1. The van der Waals surface area contributed by atoms with Crippen LogP contribution in [0.4, 0.5) is 0 Å². The number of phenols is 1. The molecule has 0 aliphatic carbocycles. The summed E-state index contributed by atoms with van der Waals surface area (Å²) < 4.78 is 11.5. The molecule has 3 nitrogen and oxygen atoms in total. The predicted molar refractivity (Wildman–Crippen MR) is 43.6 cm³/mol. The van der Waals surface area contributed by atoms with Crippen LogP contribution in [0.5, 0.6) is 5.75 Å². The van der Waals surface area contributed by atoms with Crippen LogP contribution in [0.15, 0.2) is 24.3 Å². The summed E-state index contributed by atoms with van der Waals surface area (Å²) in [5, 5.41) is 4.34. The Labute approximate surface area is 72.1 Å². The standard InChI is InChI=1S/C9H10O3/c1-7(10)12-6-8-4-2-3-5-9(8)11/h2-5,11H,6H2,1H3/i/hD. The summed E-state index contributed by atoms with van der Waals surface area (Å²) in [4.78, 5) is 10.5. The minimum absolute atomic E-state index is 0.143. The lowest BCUT2D eigenvalue weighted by Gasteiger charge is -2.03. The molecule has 3 heteroatoms. The molecule has 0 saturated heterocycles. The molecule has 0 saturated carbocycles. The van der Waals surface area contributed by atoms with Gasteiger partial charge in [0.25, 0.3) is 1.43 Å². The maximum absolute atomic E-state index is 10.5. The Kier molecular flexibility index (Phi) is 2.24. The van der Waals surface area contributed by atoms with E-state index in [9.17, 15) is 4.79 Å². The Morgan fingerprint density at radius 2 is 2.42 bits per heavy atom. The quantitative estimate of drug-likeness (QED) is 0.693. The zero-order valence-corrected chi connectivity index (χ0v) is 6.74. The second-order valence-corrected chi connectivity index (χ2v) is 2.39. The average Bonchev–Trinajstić information content (AvgIpc) is 2.15. The van der Waals surface area contributed by atoms with E-state index in [0.29, 0.717) is 11.3 Å². The van der Waals surface area contributed by atoms with E-state index in [0.717, 1.165) is 0 Å². The first-order valence-electron chi connectivity index (χ1n) is 3.99. The fraction of sp³-hybridized carbons (Fsp3) is 0.222. The number of ether oxygens (including phenoxy) is 1. The molecule has 0 radical (unpaired) electrons. The van der Waals surface area contributed by atoms with Crippen LogP contribution in [0.3, 0.4) is 0 Å². The van der Waals surface area contributed by atoms with Crippen molar-refractivity contribution in [3.8, 4) is 5.75 Å². The Hall–Kier alpha value is -1.51. The van der Waals surface area contributed by atoms with Crippen LogP contribution in [0.25, 0.3) is 0 Å². The smallest absolute Gasteiger partial charge is 0.302 e. The molecule has 0 spiro atoms. The topological polar surface area (TPSA) is 46.5 Å². The van der Waals surface area contributed by atoms with Crippen molar-refractivity contribution in [1.82, 2.24) is 0 Å². The van der Waals surface area contributed by atoms with Crippen LogP contribution in [0, 0.1) is 0 Å². The normalized spacial score (nSPS) is 10.2. The lowest BCUT2D eigenvalue weighted by Crippen LogP contribution is -1.98. The van der Waals surface area contributed by atoms with Crippen LogP contribution < -0.4 is 0 Å². The van der Waals surface area contributed by atoms with Gasteiger partial charge in [0.05, 0.1) is 0 Å². The summed E-state index contributed by atoms with van der Waals surface area (Å²) in [6.07, 6.45) is 0. The molecule has 0 aromatic heterocycles. The first-order valence-corrected chi connectivity index (χ1v) is 3.58. The maximum atomic E-state index is 10.5. The third kappa shape index (κ3) is 2.27. The monoisotopic (exact) mass is 167 g/mol. The summed E-state index contributed by atoms with van der Waals surface area (Å²) in [6, 6.07) is 6.93. The third-order valence-electron chi connectivity index (χ3n) is 1.40. The second-order valence-electron chi connectivity index (χ2n) is 2.39. The minimum atomic E-state index is -0.347. The van der Waals surface area contributed by atoms with Crippen LogP contribution >= 0.6 is 0 Å². The number of benzene rings is 1. The van der Waals surface area contributed by atoms with Gasteiger partial charge in [-0.3, -0.25) is 4.79 Å². The van der Waals surface area contributed by atoms with Crippen molar-refractivity contribution in [1.29, 1.82) is 1.43 Å². The van der Waals surface area contributed by atoms with E-state index in [4.69, 9.17) is 6.17 Å². The van der Waals surface area contributed by atoms with Crippen molar-refractivity contribution in [3.05, 3.63) is 29.8 Å². The Balaban J connectivity index is 2.69. The molecule has 0 amide bonds. The Morgan fingerprint density at radius 1 is 1.67 bits per heavy atom. The van der Waals surface area contributed by atoms with Crippen LogP contribution in [0.2, 0.25) is 0 Å².